The first-order valence-electron chi connectivity index (χ1n) is 4.99. The molecule has 0 N–H and O–H groups in total. The molecular formula is C12H16OS. The number of epoxide rings is 1. The highest BCUT2D eigenvalue weighted by molar-refractivity contribution is 7.81. The van der Waals surface area contributed by atoms with Gasteiger partial charge in [-0.15, -0.1) is 0 Å². The predicted octanol–water partition coefficient (Wildman–Crippen LogP) is 2.79. The molecule has 0 saturated carbocycles. The van der Waals surface area contributed by atoms with Gasteiger partial charge in [0.05, 0.1) is 12.7 Å². The van der Waals surface area contributed by atoms with Crippen molar-refractivity contribution in [2.24, 2.45) is 0 Å². The maximum atomic E-state index is 5.22. The molecule has 0 bridgehead atoms. The Morgan fingerprint density at radius 1 is 1.50 bits per heavy atom. The van der Waals surface area contributed by atoms with Crippen LogP contribution in [0.1, 0.15) is 25.0 Å². The summed E-state index contributed by atoms with van der Waals surface area (Å²) in [6.07, 6.45) is 1.51. The van der Waals surface area contributed by atoms with E-state index in [2.05, 4.69) is 50.7 Å². The first kappa shape index (κ1) is 10.1. The van der Waals surface area contributed by atoms with Crippen molar-refractivity contribution in [3.63, 3.8) is 0 Å². The molecule has 1 aromatic rings. The molecule has 2 heteroatoms. The van der Waals surface area contributed by atoms with Gasteiger partial charge in [-0.2, -0.15) is 12.6 Å². The van der Waals surface area contributed by atoms with Crippen LogP contribution in [0.25, 0.3) is 0 Å². The summed E-state index contributed by atoms with van der Waals surface area (Å²) < 4.78 is 5.16. The maximum Gasteiger partial charge on any atom is 0.0850 e. The van der Waals surface area contributed by atoms with Crippen molar-refractivity contribution in [2.75, 3.05) is 6.61 Å². The molecule has 0 spiro atoms. The van der Waals surface area contributed by atoms with Crippen LogP contribution in [0.2, 0.25) is 0 Å². The summed E-state index contributed by atoms with van der Waals surface area (Å²) >= 11 is 4.57. The monoisotopic (exact) mass is 208 g/mol. The van der Waals surface area contributed by atoms with Crippen LogP contribution in [-0.4, -0.2) is 12.7 Å². The van der Waals surface area contributed by atoms with Gasteiger partial charge in [-0.05, 0) is 25.0 Å². The third-order valence-corrected chi connectivity index (χ3v) is 2.76. The highest BCUT2D eigenvalue weighted by atomic mass is 32.1. The lowest BCUT2D eigenvalue weighted by Gasteiger charge is -2.18. The van der Waals surface area contributed by atoms with Crippen molar-refractivity contribution < 1.29 is 4.74 Å². The summed E-state index contributed by atoms with van der Waals surface area (Å²) in [4.78, 5) is 0. The highest BCUT2D eigenvalue weighted by Crippen LogP contribution is 2.28. The number of hydrogen-bond acceptors (Lipinski definition) is 2. The Hall–Kier alpha value is -0.470. The van der Waals surface area contributed by atoms with E-state index >= 15 is 0 Å². The second kappa shape index (κ2) is 3.59. The zero-order valence-corrected chi connectivity index (χ0v) is 9.55. The number of thiol groups is 1. The average molecular weight is 208 g/mol. The minimum absolute atomic E-state index is 0.0551. The Balaban J connectivity index is 2.17. The van der Waals surface area contributed by atoms with E-state index in [4.69, 9.17) is 4.74 Å². The lowest BCUT2D eigenvalue weighted by Crippen LogP contribution is -2.08. The van der Waals surface area contributed by atoms with E-state index in [1.54, 1.807) is 0 Å². The lowest BCUT2D eigenvalue weighted by molar-refractivity contribution is 0.407. The van der Waals surface area contributed by atoms with E-state index in [0.29, 0.717) is 6.10 Å². The number of benzene rings is 1. The lowest BCUT2D eigenvalue weighted by atomic mass is 9.98. The molecule has 1 fully saturated rings. The van der Waals surface area contributed by atoms with Crippen LogP contribution < -0.4 is 0 Å². The molecular weight excluding hydrogens is 192 g/mol. The third kappa shape index (κ3) is 2.52. The molecule has 1 aromatic carbocycles. The van der Waals surface area contributed by atoms with Gasteiger partial charge >= 0.3 is 0 Å². The van der Waals surface area contributed by atoms with Crippen molar-refractivity contribution in [3.8, 4) is 0 Å². The fourth-order valence-corrected chi connectivity index (χ4v) is 1.67. The molecule has 1 aliphatic heterocycles. The molecule has 76 valence electrons. The quantitative estimate of drug-likeness (QED) is 0.595. The molecule has 2 rings (SSSR count). The summed E-state index contributed by atoms with van der Waals surface area (Å²) in [5.74, 6) is 0. The smallest absolute Gasteiger partial charge is 0.0850 e. The molecule has 14 heavy (non-hydrogen) atoms. The van der Waals surface area contributed by atoms with E-state index in [1.165, 1.54) is 11.1 Å². The SMILES string of the molecule is CC(C)(S)c1cccc(CC2CO2)c1. The highest BCUT2D eigenvalue weighted by Gasteiger charge is 2.23. The standard InChI is InChI=1S/C12H16OS/c1-12(2,14)10-5-3-4-9(6-10)7-11-8-13-11/h3-6,11,14H,7-8H2,1-2H3. The van der Waals surface area contributed by atoms with Crippen LogP contribution in [0, 0.1) is 0 Å². The number of hydrogen-bond donors (Lipinski definition) is 1. The molecule has 0 aromatic heterocycles. The summed E-state index contributed by atoms with van der Waals surface area (Å²) in [5, 5.41) is 0. The minimum atomic E-state index is -0.0551. The third-order valence-electron chi connectivity index (χ3n) is 2.50. The summed E-state index contributed by atoms with van der Waals surface area (Å²) in [7, 11) is 0. The van der Waals surface area contributed by atoms with Gasteiger partial charge in [-0.1, -0.05) is 24.3 Å². The zero-order chi connectivity index (χ0) is 10.2. The van der Waals surface area contributed by atoms with E-state index < -0.39 is 0 Å². The van der Waals surface area contributed by atoms with E-state index in [0.717, 1.165) is 13.0 Å². The van der Waals surface area contributed by atoms with E-state index in [-0.39, 0.29) is 4.75 Å². The molecule has 0 amide bonds. The van der Waals surface area contributed by atoms with Crippen molar-refractivity contribution in [1.29, 1.82) is 0 Å². The fraction of sp³-hybridized carbons (Fsp3) is 0.500. The Bertz CT molecular complexity index is 323. The minimum Gasteiger partial charge on any atom is -0.373 e. The van der Waals surface area contributed by atoms with Gasteiger partial charge in [0, 0.05) is 11.2 Å². The predicted molar refractivity (Wildman–Crippen MR) is 61.9 cm³/mol. The molecule has 1 atom stereocenters. The van der Waals surface area contributed by atoms with Gasteiger partial charge in [-0.3, -0.25) is 0 Å². The summed E-state index contributed by atoms with van der Waals surface area (Å²) in [6, 6.07) is 8.62. The van der Waals surface area contributed by atoms with Gasteiger partial charge in [0.25, 0.3) is 0 Å². The molecule has 1 unspecified atom stereocenters. The van der Waals surface area contributed by atoms with Crippen LogP contribution in [0.15, 0.2) is 24.3 Å². The Morgan fingerprint density at radius 3 is 2.79 bits per heavy atom. The number of rotatable bonds is 3. The molecule has 0 radical (unpaired) electrons. The second-order valence-electron chi connectivity index (χ2n) is 4.42. The van der Waals surface area contributed by atoms with Crippen LogP contribution in [-0.2, 0) is 15.9 Å². The Labute approximate surface area is 90.9 Å². The first-order chi connectivity index (χ1) is 6.55. The fourth-order valence-electron chi connectivity index (χ4n) is 1.53. The second-order valence-corrected chi connectivity index (χ2v) is 5.54. The normalized spacial score (nSPS) is 20.9. The molecule has 1 aliphatic rings. The van der Waals surface area contributed by atoms with Crippen molar-refractivity contribution >= 4 is 12.6 Å². The Morgan fingerprint density at radius 2 is 2.21 bits per heavy atom. The number of ether oxygens (including phenoxy) is 1. The zero-order valence-electron chi connectivity index (χ0n) is 8.66. The maximum absolute atomic E-state index is 5.22. The van der Waals surface area contributed by atoms with E-state index in [9.17, 15) is 0 Å². The summed E-state index contributed by atoms with van der Waals surface area (Å²) in [5.41, 5.74) is 2.63. The van der Waals surface area contributed by atoms with Gasteiger partial charge < -0.3 is 4.74 Å². The summed E-state index contributed by atoms with van der Waals surface area (Å²) in [6.45, 7) is 5.15. The van der Waals surface area contributed by atoms with Crippen LogP contribution >= 0.6 is 12.6 Å². The average Bonchev–Trinajstić information content (AvgIpc) is 2.87. The van der Waals surface area contributed by atoms with Crippen LogP contribution in [0.4, 0.5) is 0 Å². The van der Waals surface area contributed by atoms with Gasteiger partial charge in [0.1, 0.15) is 0 Å². The molecule has 0 aliphatic carbocycles. The molecule has 1 nitrogen and oxygen atoms in total. The molecule has 1 saturated heterocycles. The first-order valence-corrected chi connectivity index (χ1v) is 5.44. The van der Waals surface area contributed by atoms with Crippen LogP contribution in [0.5, 0.6) is 0 Å². The largest absolute Gasteiger partial charge is 0.373 e. The van der Waals surface area contributed by atoms with Crippen molar-refractivity contribution in [3.05, 3.63) is 35.4 Å². The van der Waals surface area contributed by atoms with Crippen molar-refractivity contribution in [1.82, 2.24) is 0 Å². The van der Waals surface area contributed by atoms with Crippen molar-refractivity contribution in [2.45, 2.75) is 31.1 Å². The van der Waals surface area contributed by atoms with Gasteiger partial charge in [-0.25, -0.2) is 0 Å². The van der Waals surface area contributed by atoms with Gasteiger partial charge in [0.15, 0.2) is 0 Å². The van der Waals surface area contributed by atoms with Crippen LogP contribution in [0.3, 0.4) is 0 Å². The van der Waals surface area contributed by atoms with E-state index in [1.807, 2.05) is 0 Å². The Kier molecular flexibility index (Phi) is 2.58. The molecule has 1 heterocycles. The van der Waals surface area contributed by atoms with Gasteiger partial charge in [0.2, 0.25) is 0 Å². The topological polar surface area (TPSA) is 12.5 Å².